The van der Waals surface area contributed by atoms with Crippen LogP contribution in [0.25, 0.3) is 0 Å². The molecule has 1 aromatic rings. The number of hydrogen-bond acceptors (Lipinski definition) is 5. The molecule has 0 unspecified atom stereocenters. The van der Waals surface area contributed by atoms with Crippen molar-refractivity contribution in [3.63, 3.8) is 0 Å². The summed E-state index contributed by atoms with van der Waals surface area (Å²) in [6.07, 6.45) is -0.772. The van der Waals surface area contributed by atoms with E-state index in [1.807, 2.05) is 30.3 Å². The molecule has 6 heteroatoms. The van der Waals surface area contributed by atoms with E-state index in [-0.39, 0.29) is 13.0 Å². The number of ketones is 1. The number of esters is 1. The Morgan fingerprint density at radius 1 is 1.20 bits per heavy atom. The number of carbonyl (C=O) groups is 3. The van der Waals surface area contributed by atoms with Crippen LogP contribution in [0.4, 0.5) is 4.79 Å². The van der Waals surface area contributed by atoms with Crippen molar-refractivity contribution in [2.45, 2.75) is 26.0 Å². The van der Waals surface area contributed by atoms with E-state index in [9.17, 15) is 14.4 Å². The maximum absolute atomic E-state index is 11.5. The second kappa shape index (κ2) is 7.93. The number of Topliss-reactive ketones (excluding diaryl/α,β-unsaturated/α-hetero) is 1. The van der Waals surface area contributed by atoms with E-state index in [0.717, 1.165) is 12.7 Å². The third kappa shape index (κ3) is 5.51. The molecule has 1 N–H and O–H groups in total. The topological polar surface area (TPSA) is 81.7 Å². The second-order valence-electron chi connectivity index (χ2n) is 4.23. The number of rotatable bonds is 6. The van der Waals surface area contributed by atoms with Crippen LogP contribution >= 0.6 is 0 Å². The first kappa shape index (κ1) is 15.7. The average Bonchev–Trinajstić information content (AvgIpc) is 2.45. The molecule has 0 saturated carbocycles. The van der Waals surface area contributed by atoms with Crippen molar-refractivity contribution in [1.82, 2.24) is 5.32 Å². The third-order valence-corrected chi connectivity index (χ3v) is 2.48. The van der Waals surface area contributed by atoms with Crippen molar-refractivity contribution in [3.05, 3.63) is 35.9 Å². The first-order valence-corrected chi connectivity index (χ1v) is 6.11. The molecule has 1 aromatic carbocycles. The summed E-state index contributed by atoms with van der Waals surface area (Å²) in [4.78, 5) is 33.7. The molecule has 108 valence electrons. The average molecular weight is 279 g/mol. The van der Waals surface area contributed by atoms with Crippen LogP contribution in [0.1, 0.15) is 18.9 Å². The smallest absolute Gasteiger partial charge is 0.407 e. The van der Waals surface area contributed by atoms with Gasteiger partial charge < -0.3 is 14.8 Å². The third-order valence-electron chi connectivity index (χ3n) is 2.48. The van der Waals surface area contributed by atoms with Gasteiger partial charge in [0, 0.05) is 12.5 Å². The van der Waals surface area contributed by atoms with E-state index in [0.29, 0.717) is 0 Å². The molecule has 0 heterocycles. The largest absolute Gasteiger partial charge is 0.463 e. The van der Waals surface area contributed by atoms with Crippen LogP contribution in [0.5, 0.6) is 0 Å². The minimum absolute atomic E-state index is 0.132. The number of benzene rings is 1. The lowest BCUT2D eigenvalue weighted by atomic mass is 10.2. The van der Waals surface area contributed by atoms with Gasteiger partial charge in [-0.05, 0) is 12.5 Å². The van der Waals surface area contributed by atoms with Crippen molar-refractivity contribution in [1.29, 1.82) is 0 Å². The van der Waals surface area contributed by atoms with Crippen molar-refractivity contribution in [2.24, 2.45) is 0 Å². The summed E-state index contributed by atoms with van der Waals surface area (Å²) in [7, 11) is 1.13. The fourth-order valence-electron chi connectivity index (χ4n) is 1.49. The highest BCUT2D eigenvalue weighted by molar-refractivity contribution is 6.33. The molecule has 0 aliphatic heterocycles. The highest BCUT2D eigenvalue weighted by atomic mass is 16.5. The van der Waals surface area contributed by atoms with E-state index in [1.54, 1.807) is 6.92 Å². The highest BCUT2D eigenvalue weighted by Gasteiger charge is 2.19. The molecule has 20 heavy (non-hydrogen) atoms. The molecule has 1 amide bonds. The monoisotopic (exact) mass is 279 g/mol. The first-order chi connectivity index (χ1) is 9.52. The summed E-state index contributed by atoms with van der Waals surface area (Å²) in [6.45, 7) is 1.74. The molecule has 0 aliphatic rings. The molecule has 0 saturated heterocycles. The fraction of sp³-hybridized carbons (Fsp3) is 0.357. The molecule has 0 fully saturated rings. The van der Waals surface area contributed by atoms with Gasteiger partial charge in [0.05, 0.1) is 7.11 Å². The van der Waals surface area contributed by atoms with Crippen molar-refractivity contribution < 1.29 is 23.9 Å². The van der Waals surface area contributed by atoms with Gasteiger partial charge in [0.1, 0.15) is 6.61 Å². The number of alkyl carbamates (subject to hydrolysis) is 1. The molecule has 0 spiro atoms. The summed E-state index contributed by atoms with van der Waals surface area (Å²) in [5.41, 5.74) is 0.862. The maximum atomic E-state index is 11.5. The van der Waals surface area contributed by atoms with E-state index in [4.69, 9.17) is 4.74 Å². The zero-order valence-corrected chi connectivity index (χ0v) is 11.4. The number of ether oxygens (including phenoxy) is 2. The van der Waals surface area contributed by atoms with Crippen molar-refractivity contribution in [3.8, 4) is 0 Å². The van der Waals surface area contributed by atoms with Gasteiger partial charge in [-0.3, -0.25) is 4.79 Å². The summed E-state index contributed by atoms with van der Waals surface area (Å²) < 4.78 is 9.28. The summed E-state index contributed by atoms with van der Waals surface area (Å²) in [5, 5.41) is 2.47. The second-order valence-corrected chi connectivity index (χ2v) is 4.23. The minimum atomic E-state index is -0.920. The van der Waals surface area contributed by atoms with Gasteiger partial charge in [-0.15, -0.1) is 0 Å². The Balaban J connectivity index is 2.31. The fourth-order valence-corrected chi connectivity index (χ4v) is 1.49. The summed E-state index contributed by atoms with van der Waals surface area (Å²) >= 11 is 0. The van der Waals surface area contributed by atoms with Gasteiger partial charge in [0.15, 0.2) is 0 Å². The van der Waals surface area contributed by atoms with Crippen LogP contribution < -0.4 is 5.32 Å². The van der Waals surface area contributed by atoms with Crippen molar-refractivity contribution in [2.75, 3.05) is 7.11 Å². The van der Waals surface area contributed by atoms with Crippen LogP contribution in [0.3, 0.4) is 0 Å². The Hall–Kier alpha value is -2.37. The Bertz CT molecular complexity index is 472. The molecule has 1 rings (SSSR count). The molecule has 0 aromatic heterocycles. The van der Waals surface area contributed by atoms with E-state index in [1.165, 1.54) is 0 Å². The molecule has 0 radical (unpaired) electrons. The predicted molar refractivity (Wildman–Crippen MR) is 70.9 cm³/mol. The molecule has 6 nitrogen and oxygen atoms in total. The Kier molecular flexibility index (Phi) is 6.22. The number of amides is 1. The summed E-state index contributed by atoms with van der Waals surface area (Å²) in [6, 6.07) is 8.70. The quantitative estimate of drug-likeness (QED) is 0.629. The molecule has 0 bridgehead atoms. The summed E-state index contributed by atoms with van der Waals surface area (Å²) in [5.74, 6) is -1.61. The Labute approximate surface area is 117 Å². The molecule has 0 aliphatic carbocycles. The number of hydrogen-bond donors (Lipinski definition) is 1. The Morgan fingerprint density at radius 3 is 2.45 bits per heavy atom. The van der Waals surface area contributed by atoms with Crippen LogP contribution in [-0.2, 0) is 25.7 Å². The van der Waals surface area contributed by atoms with E-state index in [2.05, 4.69) is 10.1 Å². The van der Waals surface area contributed by atoms with Crippen LogP contribution in [0.2, 0.25) is 0 Å². The van der Waals surface area contributed by atoms with Crippen LogP contribution in [-0.4, -0.2) is 31.0 Å². The van der Waals surface area contributed by atoms with Gasteiger partial charge >= 0.3 is 12.1 Å². The predicted octanol–water partition coefficient (Wildman–Crippen LogP) is 1.43. The molecular weight excluding hydrogens is 262 g/mol. The van der Waals surface area contributed by atoms with Gasteiger partial charge in [-0.1, -0.05) is 30.3 Å². The normalized spacial score (nSPS) is 11.3. The minimum Gasteiger partial charge on any atom is -0.463 e. The molecular formula is C14H17NO5. The maximum Gasteiger partial charge on any atom is 0.407 e. The van der Waals surface area contributed by atoms with Crippen molar-refractivity contribution >= 4 is 17.8 Å². The lowest BCUT2D eigenvalue weighted by molar-refractivity contribution is -0.151. The van der Waals surface area contributed by atoms with Crippen LogP contribution in [0, 0.1) is 0 Å². The molecule has 1 atom stereocenters. The number of nitrogens with one attached hydrogen (secondary N) is 1. The zero-order valence-electron chi connectivity index (χ0n) is 11.4. The number of methoxy groups -OCH3 is 1. The Morgan fingerprint density at radius 2 is 1.85 bits per heavy atom. The highest BCUT2D eigenvalue weighted by Crippen LogP contribution is 2.01. The van der Waals surface area contributed by atoms with Gasteiger partial charge in [0.25, 0.3) is 0 Å². The SMILES string of the molecule is COC(=O)C(=O)C[C@H](C)NC(=O)OCc1ccccc1. The van der Waals surface area contributed by atoms with E-state index < -0.39 is 23.9 Å². The van der Waals surface area contributed by atoms with Gasteiger partial charge in [-0.2, -0.15) is 0 Å². The van der Waals surface area contributed by atoms with Gasteiger partial charge in [-0.25, -0.2) is 9.59 Å². The number of carbonyl (C=O) groups excluding carboxylic acids is 3. The van der Waals surface area contributed by atoms with Crippen LogP contribution in [0.15, 0.2) is 30.3 Å². The van der Waals surface area contributed by atoms with Gasteiger partial charge in [0.2, 0.25) is 5.78 Å². The lowest BCUT2D eigenvalue weighted by Gasteiger charge is -2.12. The lowest BCUT2D eigenvalue weighted by Crippen LogP contribution is -2.36. The first-order valence-electron chi connectivity index (χ1n) is 6.11. The van der Waals surface area contributed by atoms with E-state index >= 15 is 0 Å². The zero-order chi connectivity index (χ0) is 15.0. The standard InChI is InChI=1S/C14H17NO5/c1-10(8-12(16)13(17)19-2)15-14(18)20-9-11-6-4-3-5-7-11/h3-7,10H,8-9H2,1-2H3,(H,15,18)/t10-/m0/s1.